The minimum Gasteiger partial charge on any atom is -0.465 e. The first kappa shape index (κ1) is 35.5. The van der Waals surface area contributed by atoms with Gasteiger partial charge in [0, 0.05) is 0 Å². The van der Waals surface area contributed by atoms with Gasteiger partial charge in [0.15, 0.2) is 0 Å². The average molecular weight is 509 g/mol. The van der Waals surface area contributed by atoms with Crippen LogP contribution in [0.4, 0.5) is 0 Å². The molecule has 216 valence electrons. The maximum atomic E-state index is 12.6. The first-order valence-corrected chi connectivity index (χ1v) is 16.8. The van der Waals surface area contributed by atoms with Crippen LogP contribution in [-0.2, 0) is 9.53 Å². The Balaban J connectivity index is 3.90. The number of unbranched alkanes of at least 4 members (excludes halogenated alkanes) is 20. The van der Waals surface area contributed by atoms with Crippen molar-refractivity contribution in [3.8, 4) is 0 Å². The van der Waals surface area contributed by atoms with Crippen LogP contribution in [0.2, 0.25) is 0 Å². The Morgan fingerprint density at radius 3 is 1.17 bits per heavy atom. The molecule has 2 atom stereocenters. The lowest BCUT2D eigenvalue weighted by atomic mass is 9.95. The molecule has 0 aromatic heterocycles. The quantitative estimate of drug-likeness (QED) is 0.0741. The summed E-state index contributed by atoms with van der Waals surface area (Å²) in [5.74, 6) is 0.684. The van der Waals surface area contributed by atoms with E-state index in [1.807, 2.05) is 0 Å². The number of hydrogen-bond acceptors (Lipinski definition) is 2. The van der Waals surface area contributed by atoms with Crippen LogP contribution in [0.3, 0.4) is 0 Å². The molecule has 0 spiro atoms. The first-order valence-electron chi connectivity index (χ1n) is 16.8. The zero-order valence-corrected chi connectivity index (χ0v) is 25.6. The van der Waals surface area contributed by atoms with Crippen LogP contribution >= 0.6 is 0 Å². The minimum atomic E-state index is 0.0520. The van der Waals surface area contributed by atoms with Gasteiger partial charge in [-0.2, -0.15) is 0 Å². The third kappa shape index (κ3) is 25.1. The molecule has 0 N–H and O–H groups in total. The molecule has 0 aromatic rings. The Kier molecular flexibility index (Phi) is 28.6. The van der Waals surface area contributed by atoms with E-state index in [1.165, 1.54) is 161 Å². The summed E-state index contributed by atoms with van der Waals surface area (Å²) >= 11 is 0. The standard InChI is InChI=1S/C34H68O2/c1-5-8-11-14-16-17-18-19-20-22-23-25-28-32(4)34(35)36-31-33(29-26-13-10-7-3)30-27-24-21-15-12-9-6-2/h32-33H,5-31H2,1-4H3. The highest BCUT2D eigenvalue weighted by Crippen LogP contribution is 2.21. The Morgan fingerprint density at radius 2 is 0.778 bits per heavy atom. The van der Waals surface area contributed by atoms with Gasteiger partial charge in [-0.15, -0.1) is 0 Å². The molecule has 0 aromatic carbocycles. The van der Waals surface area contributed by atoms with Gasteiger partial charge in [0.2, 0.25) is 0 Å². The van der Waals surface area contributed by atoms with Gasteiger partial charge >= 0.3 is 5.97 Å². The van der Waals surface area contributed by atoms with Gasteiger partial charge in [-0.1, -0.05) is 175 Å². The average Bonchev–Trinajstić information content (AvgIpc) is 2.88. The topological polar surface area (TPSA) is 26.3 Å². The number of esters is 1. The second-order valence-electron chi connectivity index (χ2n) is 11.8. The van der Waals surface area contributed by atoms with Gasteiger partial charge in [-0.25, -0.2) is 0 Å². The molecule has 0 saturated carbocycles. The van der Waals surface area contributed by atoms with E-state index in [2.05, 4.69) is 27.7 Å². The summed E-state index contributed by atoms with van der Waals surface area (Å²) in [6.07, 6.45) is 34.6. The number of ether oxygens (including phenoxy) is 1. The molecular weight excluding hydrogens is 440 g/mol. The Hall–Kier alpha value is -0.530. The van der Waals surface area contributed by atoms with Crippen LogP contribution in [-0.4, -0.2) is 12.6 Å². The number of carbonyl (C=O) groups is 1. The molecule has 0 radical (unpaired) electrons. The summed E-state index contributed by atoms with van der Waals surface area (Å²) in [7, 11) is 0. The summed E-state index contributed by atoms with van der Waals surface area (Å²) in [5.41, 5.74) is 0. The molecule has 0 rings (SSSR count). The van der Waals surface area contributed by atoms with Crippen molar-refractivity contribution >= 4 is 5.97 Å². The van der Waals surface area contributed by atoms with E-state index in [4.69, 9.17) is 4.74 Å². The second kappa shape index (κ2) is 29.0. The molecule has 0 heterocycles. The molecule has 2 unspecified atom stereocenters. The minimum absolute atomic E-state index is 0.0520. The Morgan fingerprint density at radius 1 is 0.472 bits per heavy atom. The van der Waals surface area contributed by atoms with Gasteiger partial charge in [0.1, 0.15) is 0 Å². The monoisotopic (exact) mass is 509 g/mol. The highest BCUT2D eigenvalue weighted by Gasteiger charge is 2.17. The zero-order chi connectivity index (χ0) is 26.5. The lowest BCUT2D eigenvalue weighted by Crippen LogP contribution is -2.20. The first-order chi connectivity index (χ1) is 17.7. The molecule has 0 bridgehead atoms. The number of carbonyl (C=O) groups excluding carboxylic acids is 1. The van der Waals surface area contributed by atoms with E-state index >= 15 is 0 Å². The lowest BCUT2D eigenvalue weighted by molar-refractivity contribution is -0.149. The van der Waals surface area contributed by atoms with Crippen LogP contribution < -0.4 is 0 Å². The van der Waals surface area contributed by atoms with Crippen molar-refractivity contribution in [3.05, 3.63) is 0 Å². The van der Waals surface area contributed by atoms with Gasteiger partial charge in [-0.05, 0) is 25.2 Å². The lowest BCUT2D eigenvalue weighted by Gasteiger charge is -2.19. The van der Waals surface area contributed by atoms with Crippen LogP contribution in [0.15, 0.2) is 0 Å². The van der Waals surface area contributed by atoms with Gasteiger partial charge in [0.05, 0.1) is 12.5 Å². The third-order valence-electron chi connectivity index (χ3n) is 8.04. The summed E-state index contributed by atoms with van der Waals surface area (Å²) in [5, 5.41) is 0. The van der Waals surface area contributed by atoms with Gasteiger partial charge in [0.25, 0.3) is 0 Å². The van der Waals surface area contributed by atoms with E-state index < -0.39 is 0 Å². The Bertz CT molecular complexity index is 433. The van der Waals surface area contributed by atoms with Crippen molar-refractivity contribution in [2.24, 2.45) is 11.8 Å². The van der Waals surface area contributed by atoms with Crippen molar-refractivity contribution in [2.75, 3.05) is 6.61 Å². The van der Waals surface area contributed by atoms with E-state index in [-0.39, 0.29) is 11.9 Å². The van der Waals surface area contributed by atoms with Crippen LogP contribution in [0.5, 0.6) is 0 Å². The van der Waals surface area contributed by atoms with Crippen molar-refractivity contribution in [1.29, 1.82) is 0 Å². The molecule has 2 heteroatoms. The molecule has 0 amide bonds. The van der Waals surface area contributed by atoms with Crippen molar-refractivity contribution in [3.63, 3.8) is 0 Å². The molecule has 0 aliphatic carbocycles. The molecule has 0 fully saturated rings. The molecular formula is C34H68O2. The SMILES string of the molecule is CCCCCCCCCCCCCCC(C)C(=O)OCC(CCCCCC)CCCCCCCCC. The maximum Gasteiger partial charge on any atom is 0.308 e. The second-order valence-corrected chi connectivity index (χ2v) is 11.8. The molecule has 2 nitrogen and oxygen atoms in total. The fourth-order valence-electron chi connectivity index (χ4n) is 5.31. The summed E-state index contributed by atoms with van der Waals surface area (Å²) in [6.45, 7) is 9.57. The Labute approximate surface area is 228 Å². The van der Waals surface area contributed by atoms with Crippen LogP contribution in [0.25, 0.3) is 0 Å². The highest BCUT2D eigenvalue weighted by molar-refractivity contribution is 5.71. The van der Waals surface area contributed by atoms with Gasteiger partial charge < -0.3 is 4.74 Å². The molecule has 0 aliphatic heterocycles. The van der Waals surface area contributed by atoms with E-state index in [0.29, 0.717) is 12.5 Å². The highest BCUT2D eigenvalue weighted by atomic mass is 16.5. The normalized spacial score (nSPS) is 13.1. The third-order valence-corrected chi connectivity index (χ3v) is 8.04. The number of hydrogen-bond donors (Lipinski definition) is 0. The molecule has 0 aliphatic rings. The zero-order valence-electron chi connectivity index (χ0n) is 25.6. The van der Waals surface area contributed by atoms with Crippen molar-refractivity contribution in [1.82, 2.24) is 0 Å². The fraction of sp³-hybridized carbons (Fsp3) is 0.971. The van der Waals surface area contributed by atoms with Crippen LogP contribution in [0, 0.1) is 11.8 Å². The predicted molar refractivity (Wildman–Crippen MR) is 161 cm³/mol. The van der Waals surface area contributed by atoms with E-state index in [1.54, 1.807) is 0 Å². The summed E-state index contributed by atoms with van der Waals surface area (Å²) in [6, 6.07) is 0. The summed E-state index contributed by atoms with van der Waals surface area (Å²) in [4.78, 5) is 12.6. The van der Waals surface area contributed by atoms with E-state index in [9.17, 15) is 4.79 Å². The predicted octanol–water partition coefficient (Wildman–Crippen LogP) is 12.0. The van der Waals surface area contributed by atoms with E-state index in [0.717, 1.165) is 6.42 Å². The van der Waals surface area contributed by atoms with Crippen molar-refractivity contribution < 1.29 is 9.53 Å². The number of rotatable bonds is 29. The maximum absolute atomic E-state index is 12.6. The van der Waals surface area contributed by atoms with Gasteiger partial charge in [-0.3, -0.25) is 4.79 Å². The molecule has 36 heavy (non-hydrogen) atoms. The fourth-order valence-corrected chi connectivity index (χ4v) is 5.31. The smallest absolute Gasteiger partial charge is 0.308 e. The summed E-state index contributed by atoms with van der Waals surface area (Å²) < 4.78 is 5.85. The molecule has 0 saturated heterocycles. The van der Waals surface area contributed by atoms with Crippen molar-refractivity contribution in [2.45, 2.75) is 195 Å². The van der Waals surface area contributed by atoms with Crippen LogP contribution in [0.1, 0.15) is 195 Å². The largest absolute Gasteiger partial charge is 0.465 e.